The van der Waals surface area contributed by atoms with E-state index in [1.807, 2.05) is 42.2 Å². The lowest BCUT2D eigenvalue weighted by molar-refractivity contribution is 0.0628. The number of aryl methyl sites for hydroxylation is 1. The third-order valence-electron chi connectivity index (χ3n) is 5.46. The van der Waals surface area contributed by atoms with Gasteiger partial charge in [-0.3, -0.25) is 9.69 Å². The molecule has 0 bridgehead atoms. The maximum Gasteiger partial charge on any atom is 0.336 e. The van der Waals surface area contributed by atoms with E-state index in [4.69, 9.17) is 9.15 Å². The van der Waals surface area contributed by atoms with Crippen LogP contribution in [0.5, 0.6) is 5.75 Å². The van der Waals surface area contributed by atoms with Gasteiger partial charge in [0.25, 0.3) is 5.91 Å². The predicted molar refractivity (Wildman–Crippen MR) is 111 cm³/mol. The number of ether oxygens (including phenoxy) is 1. The first-order valence-electron chi connectivity index (χ1n) is 9.73. The Bertz CT molecular complexity index is 1100. The van der Waals surface area contributed by atoms with E-state index in [9.17, 15) is 9.59 Å². The van der Waals surface area contributed by atoms with Gasteiger partial charge in [-0.1, -0.05) is 18.2 Å². The van der Waals surface area contributed by atoms with Crippen molar-refractivity contribution in [1.82, 2.24) is 9.80 Å². The zero-order valence-corrected chi connectivity index (χ0v) is 16.7. The molecule has 4 rings (SSSR count). The second-order valence-corrected chi connectivity index (χ2v) is 7.34. The molecule has 1 saturated heterocycles. The van der Waals surface area contributed by atoms with Crippen LogP contribution in [-0.4, -0.2) is 49.0 Å². The number of benzene rings is 2. The molecule has 150 valence electrons. The molecule has 0 spiro atoms. The van der Waals surface area contributed by atoms with E-state index in [2.05, 4.69) is 4.90 Å². The molecule has 0 aliphatic carbocycles. The summed E-state index contributed by atoms with van der Waals surface area (Å²) in [6.45, 7) is 5.42. The Balaban J connectivity index is 1.48. The minimum atomic E-state index is -0.356. The molecule has 1 aromatic heterocycles. The van der Waals surface area contributed by atoms with Gasteiger partial charge < -0.3 is 14.1 Å². The summed E-state index contributed by atoms with van der Waals surface area (Å²) in [7, 11) is 1.62. The Morgan fingerprint density at radius 1 is 1.07 bits per heavy atom. The molecule has 2 aromatic carbocycles. The highest BCUT2D eigenvalue weighted by Crippen LogP contribution is 2.24. The summed E-state index contributed by atoms with van der Waals surface area (Å²) in [5.74, 6) is 0.805. The van der Waals surface area contributed by atoms with Crippen LogP contribution in [0.1, 0.15) is 21.5 Å². The highest BCUT2D eigenvalue weighted by Gasteiger charge is 2.23. The largest absolute Gasteiger partial charge is 0.497 e. The van der Waals surface area contributed by atoms with Crippen molar-refractivity contribution >= 4 is 16.9 Å². The first-order valence-corrected chi connectivity index (χ1v) is 9.73. The lowest BCUT2D eigenvalue weighted by Crippen LogP contribution is -2.48. The molecule has 0 saturated carbocycles. The van der Waals surface area contributed by atoms with Crippen molar-refractivity contribution in [2.75, 3.05) is 33.3 Å². The Hall–Kier alpha value is -3.12. The third kappa shape index (κ3) is 4.03. The summed E-state index contributed by atoms with van der Waals surface area (Å²) in [4.78, 5) is 28.9. The van der Waals surface area contributed by atoms with Crippen LogP contribution < -0.4 is 10.4 Å². The maximum atomic E-state index is 12.8. The van der Waals surface area contributed by atoms with E-state index in [1.165, 1.54) is 0 Å². The molecule has 0 radical (unpaired) electrons. The fourth-order valence-corrected chi connectivity index (χ4v) is 3.80. The third-order valence-corrected chi connectivity index (χ3v) is 5.46. The van der Waals surface area contributed by atoms with Crippen LogP contribution in [0.25, 0.3) is 11.0 Å². The summed E-state index contributed by atoms with van der Waals surface area (Å²) in [6, 6.07) is 14.7. The molecule has 6 nitrogen and oxygen atoms in total. The van der Waals surface area contributed by atoms with Crippen molar-refractivity contribution in [3.8, 4) is 5.75 Å². The average Bonchev–Trinajstić information content (AvgIpc) is 2.74. The summed E-state index contributed by atoms with van der Waals surface area (Å²) >= 11 is 0. The first kappa shape index (κ1) is 19.2. The molecule has 1 aliphatic rings. The summed E-state index contributed by atoms with van der Waals surface area (Å²) in [5.41, 5.74) is 2.87. The van der Waals surface area contributed by atoms with Crippen molar-refractivity contribution in [3.63, 3.8) is 0 Å². The topological polar surface area (TPSA) is 63.0 Å². The van der Waals surface area contributed by atoms with Crippen molar-refractivity contribution < 1.29 is 13.9 Å². The van der Waals surface area contributed by atoms with Crippen LogP contribution in [0.15, 0.2) is 57.7 Å². The van der Waals surface area contributed by atoms with Gasteiger partial charge in [0, 0.05) is 49.7 Å². The molecule has 1 fully saturated rings. The van der Waals surface area contributed by atoms with Crippen LogP contribution in [0.4, 0.5) is 0 Å². The van der Waals surface area contributed by atoms with Gasteiger partial charge in [0.15, 0.2) is 0 Å². The van der Waals surface area contributed by atoms with Gasteiger partial charge in [-0.2, -0.15) is 0 Å². The SMILES string of the molecule is COc1ccc2oc(=O)cc(CN3CCN(C(=O)c4ccccc4C)CC3)c2c1. The summed E-state index contributed by atoms with van der Waals surface area (Å²) in [5, 5.41) is 0.877. The van der Waals surface area contributed by atoms with Crippen molar-refractivity contribution in [1.29, 1.82) is 0 Å². The van der Waals surface area contributed by atoms with Crippen molar-refractivity contribution in [3.05, 3.63) is 75.6 Å². The minimum absolute atomic E-state index is 0.0818. The normalized spacial score (nSPS) is 14.9. The minimum Gasteiger partial charge on any atom is -0.497 e. The maximum absolute atomic E-state index is 12.8. The van der Waals surface area contributed by atoms with E-state index >= 15 is 0 Å². The Kier molecular flexibility index (Phi) is 5.36. The smallest absolute Gasteiger partial charge is 0.336 e. The van der Waals surface area contributed by atoms with Crippen LogP contribution >= 0.6 is 0 Å². The first-order chi connectivity index (χ1) is 14.0. The molecule has 3 aromatic rings. The number of rotatable bonds is 4. The molecule has 0 atom stereocenters. The Morgan fingerprint density at radius 3 is 2.55 bits per heavy atom. The van der Waals surface area contributed by atoms with Crippen molar-refractivity contribution in [2.24, 2.45) is 0 Å². The molecule has 2 heterocycles. The zero-order valence-electron chi connectivity index (χ0n) is 16.7. The molecule has 1 aliphatic heterocycles. The van der Waals surface area contributed by atoms with Gasteiger partial charge in [-0.25, -0.2) is 4.79 Å². The fourth-order valence-electron chi connectivity index (χ4n) is 3.80. The monoisotopic (exact) mass is 392 g/mol. The molecular weight excluding hydrogens is 368 g/mol. The predicted octanol–water partition coefficient (Wildman–Crippen LogP) is 3.07. The van der Waals surface area contributed by atoms with Gasteiger partial charge in [0.2, 0.25) is 0 Å². The number of fused-ring (bicyclic) bond motifs is 1. The Labute approximate surface area is 169 Å². The summed E-state index contributed by atoms with van der Waals surface area (Å²) < 4.78 is 10.6. The molecule has 29 heavy (non-hydrogen) atoms. The molecule has 0 unspecified atom stereocenters. The van der Waals surface area contributed by atoms with Crippen LogP contribution in [0.2, 0.25) is 0 Å². The number of piperazine rings is 1. The van der Waals surface area contributed by atoms with Crippen LogP contribution in [0.3, 0.4) is 0 Å². The second-order valence-electron chi connectivity index (χ2n) is 7.34. The van der Waals surface area contributed by atoms with Crippen LogP contribution in [-0.2, 0) is 6.54 Å². The van der Waals surface area contributed by atoms with Crippen LogP contribution in [0, 0.1) is 6.92 Å². The van der Waals surface area contributed by atoms with Gasteiger partial charge >= 0.3 is 5.63 Å². The number of nitrogens with zero attached hydrogens (tertiary/aromatic N) is 2. The van der Waals surface area contributed by atoms with E-state index in [0.717, 1.165) is 40.9 Å². The number of hydrogen-bond acceptors (Lipinski definition) is 5. The molecule has 1 amide bonds. The van der Waals surface area contributed by atoms with Crippen molar-refractivity contribution in [2.45, 2.75) is 13.5 Å². The average molecular weight is 392 g/mol. The van der Waals surface area contributed by atoms with E-state index in [-0.39, 0.29) is 11.5 Å². The number of carbonyl (C=O) groups is 1. The van der Waals surface area contributed by atoms with Gasteiger partial charge in [0.05, 0.1) is 7.11 Å². The van der Waals surface area contributed by atoms with E-state index in [0.29, 0.717) is 25.2 Å². The van der Waals surface area contributed by atoms with E-state index in [1.54, 1.807) is 25.3 Å². The molecule has 6 heteroatoms. The van der Waals surface area contributed by atoms with Gasteiger partial charge in [-0.05, 0) is 42.3 Å². The van der Waals surface area contributed by atoms with Gasteiger partial charge in [-0.15, -0.1) is 0 Å². The highest BCUT2D eigenvalue weighted by atomic mass is 16.5. The number of carbonyl (C=O) groups excluding carboxylic acids is 1. The summed E-state index contributed by atoms with van der Waals surface area (Å²) in [6.07, 6.45) is 0. The molecule has 0 N–H and O–H groups in total. The zero-order chi connectivity index (χ0) is 20.4. The lowest BCUT2D eigenvalue weighted by atomic mass is 10.1. The lowest BCUT2D eigenvalue weighted by Gasteiger charge is -2.35. The second kappa shape index (κ2) is 8.09. The Morgan fingerprint density at radius 2 is 1.83 bits per heavy atom. The molecular formula is C23H24N2O4. The highest BCUT2D eigenvalue weighted by molar-refractivity contribution is 5.95. The standard InChI is InChI=1S/C23H24N2O4/c1-16-5-3-4-6-19(16)23(27)25-11-9-24(10-12-25)15-17-13-22(26)29-21-8-7-18(28-2)14-20(17)21/h3-8,13-14H,9-12,15H2,1-2H3. The van der Waals surface area contributed by atoms with Gasteiger partial charge in [0.1, 0.15) is 11.3 Å². The van der Waals surface area contributed by atoms with E-state index < -0.39 is 0 Å². The fraction of sp³-hybridized carbons (Fsp3) is 0.304. The number of amides is 1. The quantitative estimate of drug-likeness (QED) is 0.639. The number of methoxy groups -OCH3 is 1. The number of hydrogen-bond donors (Lipinski definition) is 0.